The lowest BCUT2D eigenvalue weighted by Gasteiger charge is -2.11. The Morgan fingerprint density at radius 3 is 2.78 bits per heavy atom. The van der Waals surface area contributed by atoms with Crippen LogP contribution in [0.3, 0.4) is 0 Å². The molecule has 3 aromatic rings. The van der Waals surface area contributed by atoms with Crippen molar-refractivity contribution in [2.24, 2.45) is 0 Å². The molecule has 1 N–H and O–H groups in total. The van der Waals surface area contributed by atoms with E-state index in [0.29, 0.717) is 22.1 Å². The third kappa shape index (κ3) is 5.38. The van der Waals surface area contributed by atoms with Crippen molar-refractivity contribution in [3.63, 3.8) is 0 Å². The summed E-state index contributed by atoms with van der Waals surface area (Å²) in [6.07, 6.45) is -0.767. The molecular weight excluding hydrogens is 371 g/mol. The Bertz CT molecular complexity index is 914. The average molecular weight is 388 g/mol. The normalized spacial score (nSPS) is 12.0. The van der Waals surface area contributed by atoms with Gasteiger partial charge in [0.25, 0.3) is 5.22 Å². The Morgan fingerprint density at radius 1 is 1.26 bits per heavy atom. The molecule has 0 aliphatic carbocycles. The molecule has 0 saturated heterocycles. The summed E-state index contributed by atoms with van der Waals surface area (Å²) in [7, 11) is 0. The second kappa shape index (κ2) is 8.79. The molecule has 0 fully saturated rings. The number of carbonyl (C=O) groups excluding carboxylic acids is 1. The summed E-state index contributed by atoms with van der Waals surface area (Å²) < 4.78 is 24.0. The number of ketones is 1. The van der Waals surface area contributed by atoms with E-state index in [9.17, 15) is 14.3 Å². The molecule has 0 aliphatic heterocycles. The van der Waals surface area contributed by atoms with E-state index in [-0.39, 0.29) is 29.9 Å². The molecule has 0 radical (unpaired) electrons. The summed E-state index contributed by atoms with van der Waals surface area (Å²) in [6, 6.07) is 12.5. The van der Waals surface area contributed by atoms with E-state index in [1.165, 1.54) is 30.8 Å². The number of Topliss-reactive ketones (excluding diaryl/α,β-unsaturated/α-hetero) is 1. The van der Waals surface area contributed by atoms with Gasteiger partial charge in [-0.15, -0.1) is 10.2 Å². The molecule has 6 nitrogen and oxygen atoms in total. The standard InChI is InChI=1S/C19H17FN2O4S/c1-12(23)14-3-2-4-17(9-14)25-10-16(24)11-27-19-22-21-18(26-19)13-5-7-15(20)8-6-13/h2-9,16,24H,10-11H2,1H3/t16-/m1/s1. The Kier molecular flexibility index (Phi) is 6.20. The highest BCUT2D eigenvalue weighted by molar-refractivity contribution is 7.99. The van der Waals surface area contributed by atoms with Crippen LogP contribution in [0.15, 0.2) is 58.2 Å². The predicted molar refractivity (Wildman–Crippen MR) is 98.4 cm³/mol. The van der Waals surface area contributed by atoms with Crippen LogP contribution in [0.2, 0.25) is 0 Å². The first kappa shape index (κ1) is 19.1. The van der Waals surface area contributed by atoms with E-state index >= 15 is 0 Å². The first-order chi connectivity index (χ1) is 13.0. The molecule has 1 aromatic heterocycles. The molecule has 0 aliphatic rings. The molecule has 0 amide bonds. The summed E-state index contributed by atoms with van der Waals surface area (Å²) in [5.41, 5.74) is 1.17. The number of ether oxygens (including phenoxy) is 1. The van der Waals surface area contributed by atoms with Gasteiger partial charge < -0.3 is 14.3 Å². The fourth-order valence-corrected chi connectivity index (χ4v) is 2.86. The molecule has 0 unspecified atom stereocenters. The Labute approximate surface area is 159 Å². The number of hydrogen-bond donors (Lipinski definition) is 1. The highest BCUT2D eigenvalue weighted by atomic mass is 32.2. The fraction of sp³-hybridized carbons (Fsp3) is 0.211. The molecule has 0 saturated carbocycles. The summed E-state index contributed by atoms with van der Waals surface area (Å²) in [4.78, 5) is 11.4. The van der Waals surface area contributed by atoms with Crippen molar-refractivity contribution in [2.45, 2.75) is 18.3 Å². The molecule has 1 atom stereocenters. The van der Waals surface area contributed by atoms with Gasteiger partial charge in [-0.1, -0.05) is 23.9 Å². The smallest absolute Gasteiger partial charge is 0.276 e. The predicted octanol–water partition coefficient (Wildman–Crippen LogP) is 3.61. The van der Waals surface area contributed by atoms with Gasteiger partial charge in [-0.05, 0) is 43.3 Å². The highest BCUT2D eigenvalue weighted by Crippen LogP contribution is 2.24. The molecule has 1 heterocycles. The monoisotopic (exact) mass is 388 g/mol. The molecule has 0 spiro atoms. The van der Waals surface area contributed by atoms with Crippen LogP contribution in [0.25, 0.3) is 11.5 Å². The van der Waals surface area contributed by atoms with Gasteiger partial charge in [-0.2, -0.15) is 0 Å². The van der Waals surface area contributed by atoms with Gasteiger partial charge in [-0.3, -0.25) is 4.79 Å². The van der Waals surface area contributed by atoms with Crippen molar-refractivity contribution >= 4 is 17.5 Å². The number of thioether (sulfide) groups is 1. The van der Waals surface area contributed by atoms with Gasteiger partial charge in [0.15, 0.2) is 5.78 Å². The molecule has 0 bridgehead atoms. The molecule has 27 heavy (non-hydrogen) atoms. The Hall–Kier alpha value is -2.71. The van der Waals surface area contributed by atoms with Gasteiger partial charge in [-0.25, -0.2) is 4.39 Å². The summed E-state index contributed by atoms with van der Waals surface area (Å²) in [6.45, 7) is 1.54. The lowest BCUT2D eigenvalue weighted by atomic mass is 10.1. The molecular formula is C19H17FN2O4S. The number of benzene rings is 2. The Morgan fingerprint density at radius 2 is 2.04 bits per heavy atom. The number of halogens is 1. The van der Waals surface area contributed by atoms with Crippen molar-refractivity contribution in [3.05, 3.63) is 59.9 Å². The minimum Gasteiger partial charge on any atom is -0.491 e. The van der Waals surface area contributed by atoms with Crippen molar-refractivity contribution in [2.75, 3.05) is 12.4 Å². The summed E-state index contributed by atoms with van der Waals surface area (Å²) >= 11 is 1.19. The number of hydrogen-bond acceptors (Lipinski definition) is 7. The van der Waals surface area contributed by atoms with Crippen molar-refractivity contribution in [1.29, 1.82) is 0 Å². The van der Waals surface area contributed by atoms with E-state index in [0.717, 1.165) is 0 Å². The number of aromatic nitrogens is 2. The zero-order valence-electron chi connectivity index (χ0n) is 14.5. The van der Waals surface area contributed by atoms with Crippen LogP contribution in [0.5, 0.6) is 5.75 Å². The summed E-state index contributed by atoms with van der Waals surface area (Å²) in [5, 5.41) is 18.2. The van der Waals surface area contributed by atoms with Gasteiger partial charge in [0, 0.05) is 16.9 Å². The lowest BCUT2D eigenvalue weighted by Crippen LogP contribution is -2.20. The van der Waals surface area contributed by atoms with E-state index in [1.54, 1.807) is 36.4 Å². The zero-order valence-corrected chi connectivity index (χ0v) is 15.3. The van der Waals surface area contributed by atoms with Gasteiger partial charge in [0.1, 0.15) is 18.2 Å². The third-order valence-electron chi connectivity index (χ3n) is 3.58. The second-order valence-corrected chi connectivity index (χ2v) is 6.71. The number of nitrogens with zero attached hydrogens (tertiary/aromatic N) is 2. The van der Waals surface area contributed by atoms with Gasteiger partial charge in [0.05, 0.1) is 6.10 Å². The maximum Gasteiger partial charge on any atom is 0.276 e. The first-order valence-electron chi connectivity index (χ1n) is 8.15. The third-order valence-corrected chi connectivity index (χ3v) is 4.54. The highest BCUT2D eigenvalue weighted by Gasteiger charge is 2.13. The van der Waals surface area contributed by atoms with E-state index in [2.05, 4.69) is 10.2 Å². The number of aliphatic hydroxyl groups is 1. The van der Waals surface area contributed by atoms with Crippen LogP contribution < -0.4 is 4.74 Å². The number of carbonyl (C=O) groups is 1. The van der Waals surface area contributed by atoms with Gasteiger partial charge in [0.2, 0.25) is 5.89 Å². The van der Waals surface area contributed by atoms with Crippen molar-refractivity contribution in [3.8, 4) is 17.2 Å². The lowest BCUT2D eigenvalue weighted by molar-refractivity contribution is 0.101. The van der Waals surface area contributed by atoms with Crippen molar-refractivity contribution < 1.29 is 23.4 Å². The topological polar surface area (TPSA) is 85.5 Å². The van der Waals surface area contributed by atoms with E-state index < -0.39 is 6.10 Å². The summed E-state index contributed by atoms with van der Waals surface area (Å²) in [5.74, 6) is 0.694. The van der Waals surface area contributed by atoms with Crippen molar-refractivity contribution in [1.82, 2.24) is 10.2 Å². The quantitative estimate of drug-likeness (QED) is 0.466. The zero-order chi connectivity index (χ0) is 19.2. The molecule has 8 heteroatoms. The number of aliphatic hydroxyl groups excluding tert-OH is 1. The van der Waals surface area contributed by atoms with Crippen LogP contribution in [0, 0.1) is 5.82 Å². The minimum atomic E-state index is -0.767. The van der Waals surface area contributed by atoms with Crippen LogP contribution in [-0.4, -0.2) is 39.6 Å². The van der Waals surface area contributed by atoms with Crippen LogP contribution >= 0.6 is 11.8 Å². The maximum atomic E-state index is 12.9. The molecule has 140 valence electrons. The maximum absolute atomic E-state index is 12.9. The number of rotatable bonds is 8. The van der Waals surface area contributed by atoms with E-state index in [1.807, 2.05) is 0 Å². The fourth-order valence-electron chi connectivity index (χ4n) is 2.19. The Balaban J connectivity index is 1.49. The van der Waals surface area contributed by atoms with E-state index in [4.69, 9.17) is 9.15 Å². The molecule has 3 rings (SSSR count). The van der Waals surface area contributed by atoms with Crippen LogP contribution in [0.4, 0.5) is 4.39 Å². The average Bonchev–Trinajstić information content (AvgIpc) is 3.14. The van der Waals surface area contributed by atoms with Gasteiger partial charge >= 0.3 is 0 Å². The SMILES string of the molecule is CC(=O)c1cccc(OC[C@@H](O)CSc2nnc(-c3ccc(F)cc3)o2)c1. The van der Waals surface area contributed by atoms with Crippen LogP contribution in [-0.2, 0) is 0 Å². The minimum absolute atomic E-state index is 0.0510. The second-order valence-electron chi connectivity index (χ2n) is 5.74. The largest absolute Gasteiger partial charge is 0.491 e. The molecule has 2 aromatic carbocycles. The first-order valence-corrected chi connectivity index (χ1v) is 9.14. The van der Waals surface area contributed by atoms with Crippen LogP contribution in [0.1, 0.15) is 17.3 Å².